The van der Waals surface area contributed by atoms with Gasteiger partial charge in [-0.3, -0.25) is 10.1 Å². The highest BCUT2D eigenvalue weighted by Gasteiger charge is 2.47. The number of nitrogens with zero attached hydrogens (tertiary/aromatic N) is 2. The Morgan fingerprint density at radius 1 is 1.14 bits per heavy atom. The van der Waals surface area contributed by atoms with Gasteiger partial charge in [0.05, 0.1) is 18.7 Å². The summed E-state index contributed by atoms with van der Waals surface area (Å²) >= 11 is 6.76. The van der Waals surface area contributed by atoms with Crippen LogP contribution in [0.25, 0.3) is 22.2 Å². The fourth-order valence-corrected chi connectivity index (χ4v) is 6.10. The number of pyridine rings is 1. The number of aryl methyl sites for hydroxylation is 1. The zero-order valence-electron chi connectivity index (χ0n) is 16.5. The van der Waals surface area contributed by atoms with Crippen LogP contribution in [-0.2, 0) is 4.74 Å². The molecule has 3 aromatic rings. The molecule has 1 saturated carbocycles. The van der Waals surface area contributed by atoms with Gasteiger partial charge in [-0.05, 0) is 73.9 Å². The van der Waals surface area contributed by atoms with Crippen LogP contribution in [0.4, 0.5) is 0 Å². The third-order valence-corrected chi connectivity index (χ3v) is 7.62. The lowest BCUT2D eigenvalue weighted by Crippen LogP contribution is -2.45. The monoisotopic (exact) mass is 408 g/mol. The van der Waals surface area contributed by atoms with E-state index in [4.69, 9.17) is 16.3 Å². The summed E-state index contributed by atoms with van der Waals surface area (Å²) in [5, 5.41) is 13.5. The summed E-state index contributed by atoms with van der Waals surface area (Å²) in [6.45, 7) is 4.98. The molecule has 150 valence electrons. The Labute approximate surface area is 175 Å². The predicted molar refractivity (Wildman–Crippen MR) is 114 cm³/mol. The molecule has 3 aliphatic rings. The van der Waals surface area contributed by atoms with Crippen LogP contribution in [0.1, 0.15) is 30.0 Å². The summed E-state index contributed by atoms with van der Waals surface area (Å²) in [6, 6.07) is 9.06. The van der Waals surface area contributed by atoms with Gasteiger partial charge in [0.1, 0.15) is 5.69 Å². The number of H-pyrrole nitrogens is 1. The highest BCUT2D eigenvalue weighted by atomic mass is 35.5. The molecule has 4 atom stereocenters. The molecule has 29 heavy (non-hydrogen) atoms. The molecule has 5 nitrogen and oxygen atoms in total. The highest BCUT2D eigenvalue weighted by molar-refractivity contribution is 6.32. The van der Waals surface area contributed by atoms with Crippen LogP contribution in [-0.4, -0.2) is 41.0 Å². The van der Waals surface area contributed by atoms with Crippen molar-refractivity contribution in [3.8, 4) is 11.3 Å². The third-order valence-electron chi connectivity index (χ3n) is 7.29. The number of hydrogen-bond acceptors (Lipinski definition) is 4. The number of rotatable bonds is 3. The first-order valence-corrected chi connectivity index (χ1v) is 11.0. The number of aromatic amines is 1. The van der Waals surface area contributed by atoms with Crippen molar-refractivity contribution < 1.29 is 4.74 Å². The number of halogens is 1. The van der Waals surface area contributed by atoms with Gasteiger partial charge in [0.25, 0.3) is 0 Å². The average molecular weight is 409 g/mol. The molecule has 0 amide bonds. The minimum atomic E-state index is 0.523. The number of fused-ring (bicyclic) bond motifs is 2. The maximum atomic E-state index is 6.76. The molecular weight excluding hydrogens is 384 g/mol. The maximum Gasteiger partial charge on any atom is 0.100 e. The van der Waals surface area contributed by atoms with E-state index < -0.39 is 0 Å². The Bertz CT molecular complexity index is 1080. The van der Waals surface area contributed by atoms with E-state index in [9.17, 15) is 0 Å². The smallest absolute Gasteiger partial charge is 0.100 e. The quantitative estimate of drug-likeness (QED) is 0.677. The molecule has 1 aromatic carbocycles. The molecule has 6 rings (SSSR count). The van der Waals surface area contributed by atoms with Crippen molar-refractivity contribution in [2.75, 3.05) is 19.8 Å². The molecule has 0 spiro atoms. The Balaban J connectivity index is 1.35. The number of ether oxygens (including phenoxy) is 1. The van der Waals surface area contributed by atoms with E-state index in [0.717, 1.165) is 64.5 Å². The van der Waals surface area contributed by atoms with E-state index in [1.54, 1.807) is 0 Å². The summed E-state index contributed by atoms with van der Waals surface area (Å²) in [5.74, 6) is 2.71. The van der Waals surface area contributed by atoms with E-state index in [1.165, 1.54) is 18.4 Å². The van der Waals surface area contributed by atoms with Crippen LogP contribution < -0.4 is 5.32 Å². The van der Waals surface area contributed by atoms with Crippen molar-refractivity contribution in [3.05, 3.63) is 46.7 Å². The van der Waals surface area contributed by atoms with Crippen molar-refractivity contribution in [1.29, 1.82) is 0 Å². The second-order valence-corrected chi connectivity index (χ2v) is 9.41. The van der Waals surface area contributed by atoms with Crippen LogP contribution in [0.5, 0.6) is 0 Å². The largest absolute Gasteiger partial charge is 0.381 e. The summed E-state index contributed by atoms with van der Waals surface area (Å²) in [5.41, 5.74) is 5.34. The Kier molecular flexibility index (Phi) is 4.19. The fraction of sp³-hybridized carbons (Fsp3) is 0.478. The number of nitrogens with one attached hydrogen (secondary N) is 2. The zero-order valence-corrected chi connectivity index (χ0v) is 17.2. The molecule has 2 aliphatic heterocycles. The van der Waals surface area contributed by atoms with Gasteiger partial charge in [0.2, 0.25) is 0 Å². The summed E-state index contributed by atoms with van der Waals surface area (Å²) in [6.07, 6.45) is 4.28. The molecule has 1 aliphatic carbocycles. The molecule has 2 N–H and O–H groups in total. The lowest BCUT2D eigenvalue weighted by Gasteiger charge is -2.34. The topological polar surface area (TPSA) is 62.8 Å². The van der Waals surface area contributed by atoms with E-state index in [-0.39, 0.29) is 0 Å². The molecule has 0 bridgehead atoms. The predicted octanol–water partition coefficient (Wildman–Crippen LogP) is 4.31. The van der Waals surface area contributed by atoms with E-state index >= 15 is 0 Å². The van der Waals surface area contributed by atoms with Gasteiger partial charge in [-0.1, -0.05) is 11.6 Å². The SMILES string of the molecule is Cc1cc(-c2n[nH]c3cc(Cl)c([C@H]4C[C@@H]5CN[C@H](C6COC6)[C@H]5C4)cc23)ccn1. The van der Waals surface area contributed by atoms with Crippen molar-refractivity contribution in [1.82, 2.24) is 20.5 Å². The number of aromatic nitrogens is 3. The van der Waals surface area contributed by atoms with Crippen molar-refractivity contribution in [3.63, 3.8) is 0 Å². The number of hydrogen-bond donors (Lipinski definition) is 2. The van der Waals surface area contributed by atoms with Gasteiger partial charge >= 0.3 is 0 Å². The van der Waals surface area contributed by atoms with E-state index in [2.05, 4.69) is 38.7 Å². The Morgan fingerprint density at radius 2 is 2.03 bits per heavy atom. The fourth-order valence-electron chi connectivity index (χ4n) is 5.78. The second-order valence-electron chi connectivity index (χ2n) is 9.00. The number of benzene rings is 1. The normalized spacial score (nSPS) is 29.3. The van der Waals surface area contributed by atoms with Crippen molar-refractivity contribution in [2.24, 2.45) is 17.8 Å². The van der Waals surface area contributed by atoms with Crippen LogP contribution in [0.15, 0.2) is 30.5 Å². The summed E-state index contributed by atoms with van der Waals surface area (Å²) in [7, 11) is 0. The zero-order chi connectivity index (χ0) is 19.5. The van der Waals surface area contributed by atoms with Crippen molar-refractivity contribution in [2.45, 2.75) is 31.7 Å². The molecule has 2 aromatic heterocycles. The molecule has 4 heterocycles. The molecule has 0 unspecified atom stereocenters. The Hall–Kier alpha value is -1.95. The lowest BCUT2D eigenvalue weighted by atomic mass is 9.84. The molecular formula is C23H25ClN4O. The first kappa shape index (κ1) is 17.9. The molecule has 0 radical (unpaired) electrons. The highest BCUT2D eigenvalue weighted by Crippen LogP contribution is 2.50. The van der Waals surface area contributed by atoms with Crippen LogP contribution in [0, 0.1) is 24.7 Å². The van der Waals surface area contributed by atoms with Gasteiger partial charge in [-0.25, -0.2) is 0 Å². The second kappa shape index (κ2) is 6.79. The summed E-state index contributed by atoms with van der Waals surface area (Å²) in [4.78, 5) is 4.32. The molecule has 6 heteroatoms. The minimum absolute atomic E-state index is 0.523. The third kappa shape index (κ3) is 2.90. The first-order chi connectivity index (χ1) is 14.2. The minimum Gasteiger partial charge on any atom is -0.381 e. The average Bonchev–Trinajstić information content (AvgIpc) is 3.34. The standard InChI is InChI=1S/C23H25ClN4O/c1-12-4-13(2-3-25-12)23-19-7-17(20(24)8-21(19)27-28-23)14-5-15-9-26-22(18(15)6-14)16-10-29-11-16/h2-4,7-8,14-16,18,22,26H,5-6,9-11H2,1H3,(H,27,28)/t14-,15+,18-,22+/m0/s1. The first-order valence-electron chi connectivity index (χ1n) is 10.6. The molecule has 3 fully saturated rings. The van der Waals surface area contributed by atoms with E-state index in [1.807, 2.05) is 19.2 Å². The van der Waals surface area contributed by atoms with Crippen LogP contribution >= 0.6 is 11.6 Å². The van der Waals surface area contributed by atoms with E-state index in [0.29, 0.717) is 17.9 Å². The van der Waals surface area contributed by atoms with Gasteiger partial charge in [-0.2, -0.15) is 5.10 Å². The molecule has 2 saturated heterocycles. The lowest BCUT2D eigenvalue weighted by molar-refractivity contribution is -0.0541. The maximum absolute atomic E-state index is 6.76. The van der Waals surface area contributed by atoms with Gasteiger partial charge in [0, 0.05) is 39.8 Å². The summed E-state index contributed by atoms with van der Waals surface area (Å²) < 4.78 is 5.45. The van der Waals surface area contributed by atoms with Crippen LogP contribution in [0.3, 0.4) is 0 Å². The van der Waals surface area contributed by atoms with Gasteiger partial charge in [-0.15, -0.1) is 0 Å². The van der Waals surface area contributed by atoms with Crippen LogP contribution in [0.2, 0.25) is 5.02 Å². The van der Waals surface area contributed by atoms with Gasteiger partial charge < -0.3 is 10.1 Å². The van der Waals surface area contributed by atoms with Crippen molar-refractivity contribution >= 4 is 22.5 Å². The Morgan fingerprint density at radius 3 is 2.83 bits per heavy atom. The van der Waals surface area contributed by atoms with Gasteiger partial charge in [0.15, 0.2) is 0 Å².